The van der Waals surface area contributed by atoms with Gasteiger partial charge < -0.3 is 9.84 Å². The van der Waals surface area contributed by atoms with Crippen molar-refractivity contribution in [2.24, 2.45) is 0 Å². The van der Waals surface area contributed by atoms with Gasteiger partial charge in [-0.15, -0.1) is 0 Å². The number of likely N-dealkylation sites (tertiary alicyclic amines) is 1. The number of piperidine rings is 1. The quantitative estimate of drug-likeness (QED) is 0.107. The highest BCUT2D eigenvalue weighted by atomic mass is 127. The Morgan fingerprint density at radius 2 is 1.82 bits per heavy atom. The van der Waals surface area contributed by atoms with Crippen molar-refractivity contribution in [3.8, 4) is 16.9 Å². The maximum atomic E-state index is 14.5. The van der Waals surface area contributed by atoms with Crippen LogP contribution < -0.4 is 4.74 Å². The van der Waals surface area contributed by atoms with Crippen molar-refractivity contribution in [1.29, 1.82) is 0 Å². The Bertz CT molecular complexity index is 1660. The van der Waals surface area contributed by atoms with Crippen LogP contribution in [-0.4, -0.2) is 33.5 Å². The number of nitrogens with zero attached hydrogens (tertiary/aromatic N) is 2. The molecule has 5 nitrogen and oxygen atoms in total. The molecule has 1 aromatic heterocycles. The van der Waals surface area contributed by atoms with Crippen molar-refractivity contribution in [2.75, 3.05) is 6.54 Å². The van der Waals surface area contributed by atoms with Gasteiger partial charge in [-0.3, -0.25) is 14.7 Å². The van der Waals surface area contributed by atoms with Crippen molar-refractivity contribution >= 4 is 40.7 Å². The average molecular weight is 713 g/mol. The molecule has 0 aliphatic carbocycles. The Kier molecular flexibility index (Phi) is 10.1. The number of aliphatic carboxylic acids is 1. The number of benzene rings is 3. The third-order valence-electron chi connectivity index (χ3n) is 7.90. The molecule has 1 saturated heterocycles. The van der Waals surface area contributed by atoms with E-state index in [1.165, 1.54) is 12.1 Å². The number of hydrogen-bond acceptors (Lipinski definition) is 4. The maximum Gasteiger partial charge on any atom is 0.417 e. The molecular weight excluding hydrogens is 680 g/mol. The molecule has 228 valence electrons. The van der Waals surface area contributed by atoms with Crippen LogP contribution >= 0.6 is 22.6 Å². The summed E-state index contributed by atoms with van der Waals surface area (Å²) in [5.41, 5.74) is 4.08. The number of hydrogen-bond donors (Lipinski definition) is 1. The summed E-state index contributed by atoms with van der Waals surface area (Å²) in [5, 5.41) is 9.79. The van der Waals surface area contributed by atoms with E-state index in [1.807, 2.05) is 61.5 Å². The second-order valence-corrected chi connectivity index (χ2v) is 12.0. The molecule has 2 heterocycles. The van der Waals surface area contributed by atoms with Crippen LogP contribution in [0.25, 0.3) is 23.3 Å². The van der Waals surface area contributed by atoms with E-state index < -0.39 is 23.8 Å². The Morgan fingerprint density at radius 1 is 1.05 bits per heavy atom. The highest BCUT2D eigenvalue weighted by Crippen LogP contribution is 2.38. The summed E-state index contributed by atoms with van der Waals surface area (Å²) in [5.74, 6) is -0.684. The highest BCUT2D eigenvalue weighted by Gasteiger charge is 2.35. The number of carbonyl (C=O) groups is 1. The van der Waals surface area contributed by atoms with Crippen molar-refractivity contribution in [1.82, 2.24) is 9.88 Å². The monoisotopic (exact) mass is 712 g/mol. The molecular formula is C35H32F3IN2O3. The van der Waals surface area contributed by atoms with Gasteiger partial charge in [-0.25, -0.2) is 0 Å². The molecule has 0 saturated carbocycles. The van der Waals surface area contributed by atoms with Crippen molar-refractivity contribution in [2.45, 2.75) is 51.6 Å². The number of ether oxygens (including phenoxy) is 1. The first kappa shape index (κ1) is 31.7. The third-order valence-corrected chi connectivity index (χ3v) is 8.49. The summed E-state index contributed by atoms with van der Waals surface area (Å²) < 4.78 is 50.6. The summed E-state index contributed by atoms with van der Waals surface area (Å²) in [6, 6.07) is 21.0. The molecule has 3 aromatic carbocycles. The van der Waals surface area contributed by atoms with Crippen LogP contribution in [0.5, 0.6) is 5.75 Å². The molecule has 0 bridgehead atoms. The molecule has 1 aliphatic rings. The van der Waals surface area contributed by atoms with E-state index >= 15 is 0 Å². The van der Waals surface area contributed by atoms with Crippen LogP contribution in [0, 0.1) is 10.6 Å². The molecule has 0 radical (unpaired) electrons. The Balaban J connectivity index is 1.55. The van der Waals surface area contributed by atoms with Crippen LogP contribution in [0.2, 0.25) is 0 Å². The van der Waals surface area contributed by atoms with Gasteiger partial charge in [0, 0.05) is 18.3 Å². The smallest absolute Gasteiger partial charge is 0.417 e. The predicted molar refractivity (Wildman–Crippen MR) is 174 cm³/mol. The lowest BCUT2D eigenvalue weighted by Crippen LogP contribution is -2.44. The average Bonchev–Trinajstić information content (AvgIpc) is 3.00. The van der Waals surface area contributed by atoms with Crippen LogP contribution in [0.3, 0.4) is 0 Å². The fourth-order valence-electron chi connectivity index (χ4n) is 5.60. The topological polar surface area (TPSA) is 62.7 Å². The fourth-order valence-corrected chi connectivity index (χ4v) is 6.16. The van der Waals surface area contributed by atoms with E-state index in [9.17, 15) is 23.1 Å². The van der Waals surface area contributed by atoms with Gasteiger partial charge in [-0.2, -0.15) is 13.2 Å². The van der Waals surface area contributed by atoms with Crippen molar-refractivity contribution in [3.63, 3.8) is 0 Å². The van der Waals surface area contributed by atoms with Gasteiger partial charge in [0.25, 0.3) is 0 Å². The lowest BCUT2D eigenvalue weighted by atomic mass is 9.95. The molecule has 5 rings (SSSR count). The van der Waals surface area contributed by atoms with Gasteiger partial charge in [-0.1, -0.05) is 67.1 Å². The van der Waals surface area contributed by atoms with Gasteiger partial charge in [0.05, 0.1) is 5.56 Å². The minimum absolute atomic E-state index is 0.0292. The van der Waals surface area contributed by atoms with E-state index in [1.54, 1.807) is 23.2 Å². The van der Waals surface area contributed by atoms with Crippen LogP contribution in [0.15, 0.2) is 79.0 Å². The Morgan fingerprint density at radius 3 is 2.55 bits per heavy atom. The molecule has 1 aliphatic heterocycles. The first-order valence-electron chi connectivity index (χ1n) is 14.4. The van der Waals surface area contributed by atoms with Crippen LogP contribution in [0.1, 0.15) is 52.6 Å². The molecule has 9 heteroatoms. The predicted octanol–water partition coefficient (Wildman–Crippen LogP) is 8.87. The number of carboxylic acids is 1. The zero-order valence-electron chi connectivity index (χ0n) is 24.2. The number of aromatic nitrogens is 1. The maximum absolute atomic E-state index is 14.5. The fraction of sp³-hybridized carbons (Fsp3) is 0.257. The first-order valence-corrected chi connectivity index (χ1v) is 15.5. The van der Waals surface area contributed by atoms with Crippen molar-refractivity contribution in [3.05, 3.63) is 116 Å². The molecule has 1 N–H and O–H groups in total. The summed E-state index contributed by atoms with van der Waals surface area (Å²) in [6.45, 7) is 2.60. The van der Waals surface area contributed by atoms with Gasteiger partial charge in [0.1, 0.15) is 22.1 Å². The minimum atomic E-state index is -4.64. The number of rotatable bonds is 9. The lowest BCUT2D eigenvalue weighted by Gasteiger charge is -2.33. The Hall–Kier alpha value is -3.70. The second-order valence-electron chi connectivity index (χ2n) is 10.9. The molecule has 4 aromatic rings. The summed E-state index contributed by atoms with van der Waals surface area (Å²) in [4.78, 5) is 17.9. The zero-order valence-corrected chi connectivity index (χ0v) is 26.3. The SMILES string of the molecule is Cc1c(/C=C/c2cc(OCc3ccnc(I)c3)c(CN3CCCC[C@H]3C(=O)O)cc2C(F)(F)F)cccc1-c1ccccc1. The molecule has 44 heavy (non-hydrogen) atoms. The number of carboxylic acid groups (broad SMARTS) is 1. The molecule has 0 amide bonds. The summed E-state index contributed by atoms with van der Waals surface area (Å²) in [7, 11) is 0. The first-order chi connectivity index (χ1) is 21.1. The van der Waals surface area contributed by atoms with Crippen LogP contribution in [-0.2, 0) is 24.1 Å². The third kappa shape index (κ3) is 7.68. The van der Waals surface area contributed by atoms with Gasteiger partial charge >= 0.3 is 12.1 Å². The van der Waals surface area contributed by atoms with E-state index in [2.05, 4.69) is 27.6 Å². The highest BCUT2D eigenvalue weighted by molar-refractivity contribution is 14.1. The number of halogens is 4. The molecule has 1 fully saturated rings. The van der Waals surface area contributed by atoms with Gasteiger partial charge in [0.2, 0.25) is 0 Å². The lowest BCUT2D eigenvalue weighted by molar-refractivity contribution is -0.145. The molecule has 0 spiro atoms. The van der Waals surface area contributed by atoms with E-state index in [0.717, 1.165) is 50.4 Å². The minimum Gasteiger partial charge on any atom is -0.489 e. The van der Waals surface area contributed by atoms with Crippen molar-refractivity contribution < 1.29 is 27.8 Å². The number of pyridine rings is 1. The van der Waals surface area contributed by atoms with E-state index in [4.69, 9.17) is 4.74 Å². The molecule has 0 unspecified atom stereocenters. The standard InChI is InChI=1S/C35H32F3IN2O3/c1-23-25(10-7-11-29(23)26-8-3-2-4-9-26)13-14-27-20-32(44-22-24-15-16-40-33(39)18-24)28(19-30(27)35(36,37)38)21-41-17-6-5-12-31(41)34(42)43/h2-4,7-11,13-16,18-20,31H,5-6,12,17,21-22H2,1H3,(H,42,43)/b14-13+/t31-/m0/s1. The van der Waals surface area contributed by atoms with Gasteiger partial charge in [0.15, 0.2) is 0 Å². The Labute approximate surface area is 268 Å². The molecule has 1 atom stereocenters. The summed E-state index contributed by atoms with van der Waals surface area (Å²) >= 11 is 2.09. The largest absolute Gasteiger partial charge is 0.489 e. The summed E-state index contributed by atoms with van der Waals surface area (Å²) in [6.07, 6.45) is 2.20. The zero-order chi connectivity index (χ0) is 31.3. The number of alkyl halides is 3. The second kappa shape index (κ2) is 13.9. The van der Waals surface area contributed by atoms with E-state index in [0.29, 0.717) is 18.5 Å². The van der Waals surface area contributed by atoms with Crippen LogP contribution in [0.4, 0.5) is 13.2 Å². The normalized spacial score (nSPS) is 15.9. The van der Waals surface area contributed by atoms with Gasteiger partial charge in [-0.05, 0) is 107 Å². The van der Waals surface area contributed by atoms with E-state index in [-0.39, 0.29) is 24.5 Å².